The van der Waals surface area contributed by atoms with Crippen molar-refractivity contribution in [3.05, 3.63) is 71.8 Å². The Kier molecular flexibility index (Phi) is 4.47. The first-order valence-electron chi connectivity index (χ1n) is 7.49. The predicted octanol–water partition coefficient (Wildman–Crippen LogP) is 2.56. The molecule has 0 saturated carbocycles. The molecule has 0 saturated heterocycles. The Bertz CT molecular complexity index is 864. The number of benzene rings is 1. The molecule has 120 valence electrons. The van der Waals surface area contributed by atoms with E-state index >= 15 is 0 Å². The van der Waals surface area contributed by atoms with Crippen LogP contribution in [0.15, 0.2) is 55.1 Å². The molecule has 0 aliphatic rings. The second kappa shape index (κ2) is 6.87. The summed E-state index contributed by atoms with van der Waals surface area (Å²) in [5.41, 5.74) is 9.57. The highest BCUT2D eigenvalue weighted by molar-refractivity contribution is 5.94. The number of aryl methyl sites for hydroxylation is 1. The summed E-state index contributed by atoms with van der Waals surface area (Å²) in [6.45, 7) is 2.54. The number of hydrogen-bond acceptors (Lipinski definition) is 5. The van der Waals surface area contributed by atoms with Crippen molar-refractivity contribution in [3.63, 3.8) is 0 Å². The van der Waals surface area contributed by atoms with Gasteiger partial charge in [0.15, 0.2) is 5.82 Å². The van der Waals surface area contributed by atoms with Gasteiger partial charge in [-0.05, 0) is 42.3 Å². The van der Waals surface area contributed by atoms with Crippen LogP contribution in [0.4, 0.5) is 5.69 Å². The highest BCUT2D eigenvalue weighted by Crippen LogP contribution is 2.19. The predicted molar refractivity (Wildman–Crippen MR) is 92.3 cm³/mol. The van der Waals surface area contributed by atoms with E-state index in [-0.39, 0.29) is 0 Å². The van der Waals surface area contributed by atoms with Crippen LogP contribution in [0.5, 0.6) is 0 Å². The molecule has 0 aliphatic carbocycles. The van der Waals surface area contributed by atoms with Crippen molar-refractivity contribution in [1.82, 2.24) is 15.0 Å². The number of carbonyl (C=O) groups excluding carboxylic acids is 1. The first-order valence-corrected chi connectivity index (χ1v) is 7.49. The Morgan fingerprint density at radius 1 is 1.17 bits per heavy atom. The molecule has 6 heteroatoms. The van der Waals surface area contributed by atoms with E-state index in [2.05, 4.69) is 20.3 Å². The molecule has 0 bridgehead atoms. The SMILES string of the molecule is Cc1ccc(C(N)=O)cc1NCc1cncc(-c2ncccn2)c1. The molecule has 3 N–H and O–H groups in total. The molecule has 0 spiro atoms. The lowest BCUT2D eigenvalue weighted by atomic mass is 10.1. The zero-order chi connectivity index (χ0) is 16.9. The van der Waals surface area contributed by atoms with E-state index in [0.717, 1.165) is 22.4 Å². The Morgan fingerprint density at radius 3 is 2.71 bits per heavy atom. The Balaban J connectivity index is 1.78. The van der Waals surface area contributed by atoms with Crippen molar-refractivity contribution in [1.29, 1.82) is 0 Å². The Morgan fingerprint density at radius 2 is 1.96 bits per heavy atom. The van der Waals surface area contributed by atoms with E-state index in [9.17, 15) is 4.79 Å². The summed E-state index contributed by atoms with van der Waals surface area (Å²) in [6.07, 6.45) is 6.92. The van der Waals surface area contributed by atoms with E-state index in [4.69, 9.17) is 5.73 Å². The van der Waals surface area contributed by atoms with Crippen LogP contribution in [-0.2, 0) is 6.54 Å². The number of nitrogens with zero attached hydrogens (tertiary/aromatic N) is 3. The van der Waals surface area contributed by atoms with Gasteiger partial charge < -0.3 is 11.1 Å². The topological polar surface area (TPSA) is 93.8 Å². The van der Waals surface area contributed by atoms with Gasteiger partial charge in [0, 0.05) is 48.1 Å². The molecule has 3 rings (SSSR count). The minimum atomic E-state index is -0.442. The van der Waals surface area contributed by atoms with Crippen LogP contribution in [0.3, 0.4) is 0 Å². The number of hydrogen-bond donors (Lipinski definition) is 2. The molecule has 24 heavy (non-hydrogen) atoms. The molecule has 3 aromatic rings. The molecule has 6 nitrogen and oxygen atoms in total. The van der Waals surface area contributed by atoms with Gasteiger partial charge in [-0.2, -0.15) is 0 Å². The summed E-state index contributed by atoms with van der Waals surface area (Å²) in [5, 5.41) is 3.31. The summed E-state index contributed by atoms with van der Waals surface area (Å²) in [6, 6.07) is 9.11. The molecule has 2 heterocycles. The van der Waals surface area contributed by atoms with Crippen LogP contribution in [0, 0.1) is 6.92 Å². The van der Waals surface area contributed by atoms with Gasteiger partial charge in [0.2, 0.25) is 5.91 Å². The average molecular weight is 319 g/mol. The quantitative estimate of drug-likeness (QED) is 0.754. The lowest BCUT2D eigenvalue weighted by Crippen LogP contribution is -2.12. The number of primary amides is 1. The van der Waals surface area contributed by atoms with Crippen molar-refractivity contribution in [2.75, 3.05) is 5.32 Å². The van der Waals surface area contributed by atoms with Crippen LogP contribution >= 0.6 is 0 Å². The maximum Gasteiger partial charge on any atom is 0.248 e. The maximum absolute atomic E-state index is 11.3. The van der Waals surface area contributed by atoms with Gasteiger partial charge >= 0.3 is 0 Å². The number of pyridine rings is 1. The fourth-order valence-corrected chi connectivity index (χ4v) is 2.32. The Labute approximate surface area is 139 Å². The molecule has 2 aromatic heterocycles. The zero-order valence-electron chi connectivity index (χ0n) is 13.2. The molecule has 0 fully saturated rings. The summed E-state index contributed by atoms with van der Waals surface area (Å²) in [7, 11) is 0. The third-order valence-corrected chi connectivity index (χ3v) is 3.62. The standard InChI is InChI=1S/C18H17N5O/c1-12-3-4-14(17(19)24)8-16(12)23-10-13-7-15(11-20-9-13)18-21-5-2-6-22-18/h2-9,11,23H,10H2,1H3,(H2,19,24). The number of rotatable bonds is 5. The van der Waals surface area contributed by atoms with E-state index in [1.807, 2.05) is 19.1 Å². The van der Waals surface area contributed by atoms with Gasteiger partial charge in [0.1, 0.15) is 0 Å². The van der Waals surface area contributed by atoms with E-state index in [1.54, 1.807) is 43.0 Å². The third kappa shape index (κ3) is 3.55. The van der Waals surface area contributed by atoms with Crippen LogP contribution in [0.1, 0.15) is 21.5 Å². The van der Waals surface area contributed by atoms with Gasteiger partial charge in [-0.1, -0.05) is 6.07 Å². The fraction of sp³-hybridized carbons (Fsp3) is 0.111. The lowest BCUT2D eigenvalue weighted by molar-refractivity contribution is 0.100. The maximum atomic E-state index is 11.3. The molecular weight excluding hydrogens is 302 g/mol. The lowest BCUT2D eigenvalue weighted by Gasteiger charge is -2.11. The molecule has 0 aliphatic heterocycles. The van der Waals surface area contributed by atoms with Crippen molar-refractivity contribution in [3.8, 4) is 11.4 Å². The van der Waals surface area contributed by atoms with Crippen molar-refractivity contribution < 1.29 is 4.79 Å². The van der Waals surface area contributed by atoms with Gasteiger partial charge in [-0.15, -0.1) is 0 Å². The minimum absolute atomic E-state index is 0.442. The molecule has 0 radical (unpaired) electrons. The highest BCUT2D eigenvalue weighted by Gasteiger charge is 2.06. The largest absolute Gasteiger partial charge is 0.381 e. The fourth-order valence-electron chi connectivity index (χ4n) is 2.32. The molecular formula is C18H17N5O. The molecule has 0 atom stereocenters. The molecule has 1 aromatic carbocycles. The van der Waals surface area contributed by atoms with Gasteiger partial charge in [-0.25, -0.2) is 9.97 Å². The van der Waals surface area contributed by atoms with Crippen LogP contribution in [-0.4, -0.2) is 20.9 Å². The number of aromatic nitrogens is 3. The van der Waals surface area contributed by atoms with Crippen LogP contribution in [0.2, 0.25) is 0 Å². The third-order valence-electron chi connectivity index (χ3n) is 3.62. The van der Waals surface area contributed by atoms with Gasteiger partial charge in [-0.3, -0.25) is 9.78 Å². The van der Waals surface area contributed by atoms with Gasteiger partial charge in [0.05, 0.1) is 0 Å². The normalized spacial score (nSPS) is 10.4. The summed E-state index contributed by atoms with van der Waals surface area (Å²) >= 11 is 0. The second-order valence-corrected chi connectivity index (χ2v) is 5.40. The zero-order valence-corrected chi connectivity index (χ0v) is 13.2. The number of nitrogens with one attached hydrogen (secondary N) is 1. The number of nitrogens with two attached hydrogens (primary N) is 1. The van der Waals surface area contributed by atoms with E-state index in [1.165, 1.54) is 0 Å². The smallest absolute Gasteiger partial charge is 0.248 e. The number of anilines is 1. The minimum Gasteiger partial charge on any atom is -0.381 e. The molecule has 0 unspecified atom stereocenters. The van der Waals surface area contributed by atoms with Crippen LogP contribution < -0.4 is 11.1 Å². The highest BCUT2D eigenvalue weighted by atomic mass is 16.1. The average Bonchev–Trinajstić information content (AvgIpc) is 2.62. The summed E-state index contributed by atoms with van der Waals surface area (Å²) in [5.74, 6) is 0.196. The Hall–Kier alpha value is -3.28. The summed E-state index contributed by atoms with van der Waals surface area (Å²) in [4.78, 5) is 24.0. The summed E-state index contributed by atoms with van der Waals surface area (Å²) < 4.78 is 0. The number of amides is 1. The van der Waals surface area contributed by atoms with E-state index < -0.39 is 5.91 Å². The first kappa shape index (κ1) is 15.6. The van der Waals surface area contributed by atoms with Gasteiger partial charge in [0.25, 0.3) is 0 Å². The van der Waals surface area contributed by atoms with Crippen LogP contribution in [0.25, 0.3) is 11.4 Å². The van der Waals surface area contributed by atoms with E-state index in [0.29, 0.717) is 17.9 Å². The second-order valence-electron chi connectivity index (χ2n) is 5.40. The van der Waals surface area contributed by atoms with Crippen molar-refractivity contribution in [2.24, 2.45) is 5.73 Å². The van der Waals surface area contributed by atoms with Crippen molar-refractivity contribution in [2.45, 2.75) is 13.5 Å². The first-order chi connectivity index (χ1) is 11.6. The monoisotopic (exact) mass is 319 g/mol. The molecule has 1 amide bonds. The number of carbonyl (C=O) groups is 1. The van der Waals surface area contributed by atoms with Crippen molar-refractivity contribution >= 4 is 11.6 Å².